The first-order valence-electron chi connectivity index (χ1n) is 15.6. The van der Waals surface area contributed by atoms with E-state index in [0.717, 1.165) is 33.3 Å². The number of thiazole rings is 1. The molecule has 1 heterocycles. The third kappa shape index (κ3) is 4.44. The van der Waals surface area contributed by atoms with E-state index in [0.29, 0.717) is 0 Å². The lowest BCUT2D eigenvalue weighted by atomic mass is 9.99. The third-order valence-corrected chi connectivity index (χ3v) is 9.97. The van der Waals surface area contributed by atoms with E-state index >= 15 is 0 Å². The lowest BCUT2D eigenvalue weighted by Gasteiger charge is -2.28. The SMILES string of the molecule is c1ccc(-c2cccc(N(c3cccc(-c4ccccc4)c3)c3ccc4c5c(cccc35)-c3sc(-c5ccccc5)nc3-4)c2)cc1. The largest absolute Gasteiger partial charge is 0.310 e. The summed E-state index contributed by atoms with van der Waals surface area (Å²) in [6.45, 7) is 0. The molecule has 0 unspecified atom stereocenters. The van der Waals surface area contributed by atoms with Gasteiger partial charge in [-0.2, -0.15) is 0 Å². The number of aromatic nitrogens is 1. The van der Waals surface area contributed by atoms with E-state index in [2.05, 4.69) is 175 Å². The Kier molecular flexibility index (Phi) is 6.36. The second-order valence-corrected chi connectivity index (χ2v) is 12.6. The number of anilines is 3. The van der Waals surface area contributed by atoms with Gasteiger partial charge in [-0.15, -0.1) is 11.3 Å². The smallest absolute Gasteiger partial charge is 0.124 e. The maximum Gasteiger partial charge on any atom is 0.124 e. The minimum Gasteiger partial charge on any atom is -0.310 e. The lowest BCUT2D eigenvalue weighted by molar-refractivity contribution is 1.30. The molecule has 9 rings (SSSR count). The summed E-state index contributed by atoms with van der Waals surface area (Å²) in [6.07, 6.45) is 0. The van der Waals surface area contributed by atoms with E-state index in [1.807, 2.05) is 0 Å². The monoisotopic (exact) mass is 604 g/mol. The third-order valence-electron chi connectivity index (χ3n) is 8.83. The highest BCUT2D eigenvalue weighted by atomic mass is 32.1. The molecular weight excluding hydrogens is 577 g/mol. The zero-order chi connectivity index (χ0) is 30.5. The van der Waals surface area contributed by atoms with Crippen molar-refractivity contribution < 1.29 is 0 Å². The van der Waals surface area contributed by atoms with Gasteiger partial charge >= 0.3 is 0 Å². The highest BCUT2D eigenvalue weighted by Gasteiger charge is 2.28. The molecule has 46 heavy (non-hydrogen) atoms. The van der Waals surface area contributed by atoms with Crippen molar-refractivity contribution in [3.05, 3.63) is 170 Å². The molecule has 0 fully saturated rings. The quantitative estimate of drug-likeness (QED) is 0.188. The zero-order valence-electron chi connectivity index (χ0n) is 25.0. The highest BCUT2D eigenvalue weighted by molar-refractivity contribution is 7.19. The second kappa shape index (κ2) is 11.0. The first-order chi connectivity index (χ1) is 22.8. The van der Waals surface area contributed by atoms with Crippen LogP contribution >= 0.6 is 11.3 Å². The molecule has 1 aliphatic carbocycles. The van der Waals surface area contributed by atoms with Gasteiger partial charge in [0.2, 0.25) is 0 Å². The van der Waals surface area contributed by atoms with E-state index < -0.39 is 0 Å². The van der Waals surface area contributed by atoms with Gasteiger partial charge in [0.05, 0.1) is 16.3 Å². The van der Waals surface area contributed by atoms with Gasteiger partial charge < -0.3 is 4.90 Å². The molecule has 3 heteroatoms. The van der Waals surface area contributed by atoms with E-state index in [9.17, 15) is 0 Å². The van der Waals surface area contributed by atoms with Gasteiger partial charge in [0, 0.05) is 38.8 Å². The van der Waals surface area contributed by atoms with Gasteiger partial charge in [0.15, 0.2) is 0 Å². The Bertz CT molecular complexity index is 2250. The molecule has 0 spiro atoms. The molecular formula is C43H28N2S. The fourth-order valence-electron chi connectivity index (χ4n) is 6.70. The Morgan fingerprint density at radius 3 is 1.59 bits per heavy atom. The molecule has 2 nitrogen and oxygen atoms in total. The normalized spacial score (nSPS) is 11.5. The number of hydrogen-bond donors (Lipinski definition) is 0. The summed E-state index contributed by atoms with van der Waals surface area (Å²) in [5.41, 5.74) is 12.9. The number of hydrogen-bond acceptors (Lipinski definition) is 3. The minimum atomic E-state index is 1.06. The van der Waals surface area contributed by atoms with Crippen molar-refractivity contribution in [2.24, 2.45) is 0 Å². The van der Waals surface area contributed by atoms with Crippen molar-refractivity contribution >= 4 is 39.2 Å². The van der Waals surface area contributed by atoms with Crippen molar-refractivity contribution in [3.8, 4) is 54.5 Å². The van der Waals surface area contributed by atoms with Crippen LogP contribution < -0.4 is 4.90 Å². The predicted molar refractivity (Wildman–Crippen MR) is 195 cm³/mol. The van der Waals surface area contributed by atoms with Crippen LogP contribution in [0, 0.1) is 0 Å². The molecule has 0 aliphatic heterocycles. The minimum absolute atomic E-state index is 1.06. The summed E-state index contributed by atoms with van der Waals surface area (Å²) >= 11 is 1.79. The topological polar surface area (TPSA) is 16.1 Å². The Hall–Kier alpha value is -5.77. The summed E-state index contributed by atoms with van der Waals surface area (Å²) in [5, 5.41) is 3.56. The first kappa shape index (κ1) is 26.6. The second-order valence-electron chi connectivity index (χ2n) is 11.6. The van der Waals surface area contributed by atoms with Gasteiger partial charge in [-0.05, 0) is 52.6 Å². The van der Waals surface area contributed by atoms with Crippen LogP contribution in [0.1, 0.15) is 0 Å². The van der Waals surface area contributed by atoms with Crippen molar-refractivity contribution in [1.82, 2.24) is 4.98 Å². The number of benzene rings is 7. The molecule has 0 saturated carbocycles. The van der Waals surface area contributed by atoms with Gasteiger partial charge in [-0.3, -0.25) is 0 Å². The average Bonchev–Trinajstić information content (AvgIpc) is 3.70. The Balaban J connectivity index is 1.24. The number of rotatable bonds is 6. The Morgan fingerprint density at radius 1 is 0.435 bits per heavy atom. The molecule has 1 aliphatic rings. The fraction of sp³-hybridized carbons (Fsp3) is 0. The van der Waals surface area contributed by atoms with Crippen LogP contribution in [0.4, 0.5) is 17.1 Å². The molecule has 1 aromatic heterocycles. The van der Waals surface area contributed by atoms with Crippen LogP contribution in [0.15, 0.2) is 170 Å². The van der Waals surface area contributed by atoms with Crippen molar-refractivity contribution in [2.45, 2.75) is 0 Å². The summed E-state index contributed by atoms with van der Waals surface area (Å²) in [7, 11) is 0. The van der Waals surface area contributed by atoms with E-state index in [1.165, 1.54) is 49.0 Å². The number of nitrogens with zero attached hydrogens (tertiary/aromatic N) is 2. The molecule has 8 aromatic rings. The summed E-state index contributed by atoms with van der Waals surface area (Å²) in [5.74, 6) is 0. The molecule has 0 atom stereocenters. The van der Waals surface area contributed by atoms with E-state index in [4.69, 9.17) is 4.98 Å². The van der Waals surface area contributed by atoms with Crippen molar-refractivity contribution in [1.29, 1.82) is 0 Å². The lowest BCUT2D eigenvalue weighted by Crippen LogP contribution is -2.11. The molecule has 216 valence electrons. The number of fused-ring (bicyclic) bond motifs is 3. The Morgan fingerprint density at radius 2 is 0.978 bits per heavy atom. The molecule has 0 radical (unpaired) electrons. The molecule has 0 amide bonds. The average molecular weight is 605 g/mol. The fourth-order valence-corrected chi connectivity index (χ4v) is 7.82. The summed E-state index contributed by atoms with van der Waals surface area (Å²) < 4.78 is 0. The van der Waals surface area contributed by atoms with Crippen LogP contribution in [0.5, 0.6) is 0 Å². The maximum atomic E-state index is 5.19. The molecule has 0 bridgehead atoms. The van der Waals surface area contributed by atoms with Crippen LogP contribution in [-0.2, 0) is 0 Å². The van der Waals surface area contributed by atoms with Crippen LogP contribution in [0.3, 0.4) is 0 Å². The maximum absolute atomic E-state index is 5.19. The van der Waals surface area contributed by atoms with Gasteiger partial charge in [-0.25, -0.2) is 4.98 Å². The molecule has 7 aromatic carbocycles. The standard InChI is InChI=1S/C43H28N2S/c1-4-13-29(14-5-1)32-19-10-21-34(27-32)45(35-22-11-20-33(28-35)30-15-6-2-7-16-30)39-26-25-37-40-36(39)23-12-24-38(40)42-41(37)44-43(46-42)31-17-8-3-9-18-31/h1-28H. The first-order valence-corrected chi connectivity index (χ1v) is 16.4. The van der Waals surface area contributed by atoms with Crippen LogP contribution in [0.2, 0.25) is 0 Å². The molecule has 0 saturated heterocycles. The van der Waals surface area contributed by atoms with Gasteiger partial charge in [0.25, 0.3) is 0 Å². The van der Waals surface area contributed by atoms with Gasteiger partial charge in [-0.1, -0.05) is 140 Å². The Labute approximate surface area is 272 Å². The van der Waals surface area contributed by atoms with Crippen LogP contribution in [0.25, 0.3) is 65.3 Å². The predicted octanol–water partition coefficient (Wildman–Crippen LogP) is 12.4. The van der Waals surface area contributed by atoms with E-state index in [-0.39, 0.29) is 0 Å². The highest BCUT2D eigenvalue weighted by Crippen LogP contribution is 2.54. The zero-order valence-corrected chi connectivity index (χ0v) is 25.8. The van der Waals surface area contributed by atoms with Crippen molar-refractivity contribution in [3.63, 3.8) is 0 Å². The molecule has 0 N–H and O–H groups in total. The van der Waals surface area contributed by atoms with Crippen molar-refractivity contribution in [2.75, 3.05) is 4.90 Å². The van der Waals surface area contributed by atoms with E-state index in [1.54, 1.807) is 11.3 Å². The summed E-state index contributed by atoms with van der Waals surface area (Å²) in [6, 6.07) is 60.8. The van der Waals surface area contributed by atoms with Crippen LogP contribution in [-0.4, -0.2) is 4.98 Å². The summed E-state index contributed by atoms with van der Waals surface area (Å²) in [4.78, 5) is 8.85. The van der Waals surface area contributed by atoms with Gasteiger partial charge in [0.1, 0.15) is 5.01 Å².